The lowest BCUT2D eigenvalue weighted by Crippen LogP contribution is -2.69. The van der Waals surface area contributed by atoms with Gasteiger partial charge in [0.15, 0.2) is 6.10 Å². The average Bonchev–Trinajstić information content (AvgIpc) is 2.95. The maximum absolute atomic E-state index is 12.5. The number of nitrogens with one attached hydrogen (secondary N) is 1. The first kappa shape index (κ1) is 34.0. The van der Waals surface area contributed by atoms with Gasteiger partial charge in [0, 0.05) is 31.0 Å². The van der Waals surface area contributed by atoms with Gasteiger partial charge in [0.1, 0.15) is 12.3 Å². The monoisotopic (exact) mass is 606 g/mol. The van der Waals surface area contributed by atoms with Gasteiger partial charge in [-0.2, -0.15) is 5.26 Å². The number of amides is 2. The van der Waals surface area contributed by atoms with Gasteiger partial charge in [-0.3, -0.25) is 4.79 Å². The number of ether oxygens (including phenoxy) is 1. The van der Waals surface area contributed by atoms with Crippen LogP contribution >= 0.6 is 0 Å². The summed E-state index contributed by atoms with van der Waals surface area (Å²) < 4.78 is 6.02. The number of benzene rings is 2. The molecule has 1 saturated heterocycles. The highest BCUT2D eigenvalue weighted by molar-refractivity contribution is 6.85. The Morgan fingerprint density at radius 2 is 1.47 bits per heavy atom. The molecule has 1 fully saturated rings. The molecule has 1 aliphatic rings. The quantitative estimate of drug-likeness (QED) is 0.196. The molecule has 0 saturated carbocycles. The Balaban J connectivity index is 1.79. The lowest BCUT2D eigenvalue weighted by molar-refractivity contribution is -0.128. The van der Waals surface area contributed by atoms with Crippen molar-refractivity contribution < 1.29 is 19.4 Å². The molecule has 0 aromatic heterocycles. The van der Waals surface area contributed by atoms with E-state index in [1.807, 2.05) is 44.2 Å². The van der Waals surface area contributed by atoms with Crippen LogP contribution in [0, 0.1) is 17.2 Å². The summed E-state index contributed by atoms with van der Waals surface area (Å²) in [7, 11) is -2.08. The zero-order chi connectivity index (χ0) is 31.9. The van der Waals surface area contributed by atoms with Crippen molar-refractivity contribution in [2.75, 3.05) is 31.1 Å². The predicted molar refractivity (Wildman–Crippen MR) is 176 cm³/mol. The molecule has 9 heteroatoms. The van der Waals surface area contributed by atoms with Crippen LogP contribution in [-0.4, -0.2) is 68.0 Å². The second kappa shape index (κ2) is 14.8. The Kier molecular flexibility index (Phi) is 11.7. The fraction of sp³-hybridized carbons (Fsp3) is 0.559. The normalized spacial score (nSPS) is 16.5. The fourth-order valence-corrected chi connectivity index (χ4v) is 15.1. The lowest BCUT2D eigenvalue weighted by Gasteiger charge is -2.55. The van der Waals surface area contributed by atoms with Gasteiger partial charge in [0.2, 0.25) is 0 Å². The van der Waals surface area contributed by atoms with E-state index >= 15 is 0 Å². The Morgan fingerprint density at radius 1 is 0.930 bits per heavy atom. The van der Waals surface area contributed by atoms with E-state index in [-0.39, 0.29) is 24.0 Å². The van der Waals surface area contributed by atoms with Crippen LogP contribution < -0.4 is 15.0 Å². The number of carboxylic acid groups (broad SMARTS) is 1. The van der Waals surface area contributed by atoms with Gasteiger partial charge in [-0.05, 0) is 64.4 Å². The average molecular weight is 607 g/mol. The van der Waals surface area contributed by atoms with Crippen LogP contribution in [-0.2, 0) is 4.79 Å². The number of carbonyl (C=O) groups excluding carboxylic acids is 1. The molecule has 2 N–H and O–H groups in total. The molecule has 0 aliphatic carbocycles. The van der Waals surface area contributed by atoms with Crippen molar-refractivity contribution in [3.05, 3.63) is 48.5 Å². The Morgan fingerprint density at radius 3 is 1.93 bits per heavy atom. The summed E-state index contributed by atoms with van der Waals surface area (Å²) in [5, 5.41) is 21.6. The second-order valence-corrected chi connectivity index (χ2v) is 19.2. The molecule has 0 spiro atoms. The maximum atomic E-state index is 12.5. The van der Waals surface area contributed by atoms with Gasteiger partial charge < -0.3 is 25.0 Å². The Bertz CT molecular complexity index is 1230. The van der Waals surface area contributed by atoms with E-state index in [4.69, 9.17) is 10.00 Å². The zero-order valence-electron chi connectivity index (χ0n) is 27.1. The van der Waals surface area contributed by atoms with Crippen LogP contribution in [0.1, 0.15) is 61.8 Å². The second-order valence-electron chi connectivity index (χ2n) is 13.1. The number of nitrogens with zero attached hydrogens (tertiary/aromatic N) is 3. The van der Waals surface area contributed by atoms with Gasteiger partial charge in [0.25, 0.3) is 5.91 Å². The number of carbonyl (C=O) groups is 2. The minimum Gasteiger partial charge on any atom is -0.481 e. The third-order valence-corrected chi connectivity index (χ3v) is 16.9. The molecular weight excluding hydrogens is 556 g/mol. The molecule has 0 radical (unpaired) electrons. The highest BCUT2D eigenvalue weighted by atomic mass is 28.3. The summed E-state index contributed by atoms with van der Waals surface area (Å²) in [5.41, 5.74) is 4.61. The first-order valence-electron chi connectivity index (χ1n) is 15.6. The van der Waals surface area contributed by atoms with Crippen molar-refractivity contribution in [3.8, 4) is 22.9 Å². The van der Waals surface area contributed by atoms with Crippen LogP contribution in [0.5, 0.6) is 5.75 Å². The van der Waals surface area contributed by atoms with E-state index in [1.165, 1.54) is 0 Å². The van der Waals surface area contributed by atoms with Gasteiger partial charge in [-0.15, -0.1) is 0 Å². The predicted octanol–water partition coefficient (Wildman–Crippen LogP) is 7.17. The Hall–Kier alpha value is -3.51. The van der Waals surface area contributed by atoms with Gasteiger partial charge in [-0.1, -0.05) is 79.7 Å². The summed E-state index contributed by atoms with van der Waals surface area (Å²) in [5.74, 6) is 0.586. The third-order valence-electron chi connectivity index (χ3n) is 9.22. The summed E-state index contributed by atoms with van der Waals surface area (Å²) in [6.07, 6.45) is -0.908. The smallest absolute Gasteiger partial charge is 0.407 e. The van der Waals surface area contributed by atoms with E-state index in [1.54, 1.807) is 4.90 Å². The van der Waals surface area contributed by atoms with Gasteiger partial charge >= 0.3 is 6.09 Å². The molecular formula is C34H50N4O4Si. The lowest BCUT2D eigenvalue weighted by atomic mass is 10.0. The molecule has 2 unspecified atom stereocenters. The third kappa shape index (κ3) is 7.72. The first-order valence-corrected chi connectivity index (χ1v) is 17.9. The fourth-order valence-electron chi connectivity index (χ4n) is 7.46. The summed E-state index contributed by atoms with van der Waals surface area (Å²) in [6, 6.07) is 18.1. The topological polar surface area (TPSA) is 106 Å². The molecule has 1 heterocycles. The minimum absolute atomic E-state index is 0.0208. The van der Waals surface area contributed by atoms with Crippen molar-refractivity contribution >= 4 is 25.8 Å². The van der Waals surface area contributed by atoms with Gasteiger partial charge in [-0.25, -0.2) is 4.79 Å². The molecule has 43 heavy (non-hydrogen) atoms. The van der Waals surface area contributed by atoms with Crippen LogP contribution in [0.15, 0.2) is 48.5 Å². The summed E-state index contributed by atoms with van der Waals surface area (Å²) >= 11 is 0. The van der Waals surface area contributed by atoms with E-state index in [0.717, 1.165) is 23.4 Å². The SMILES string of the molecule is CC(C)CC(Oc1ccc(-c2ccc(N3CCN(C(=O)O)C([Si](C(C)C)(C(C)C)C(C)C)C3)cc2)cc1)C(=O)NCC#N. The van der Waals surface area contributed by atoms with Crippen molar-refractivity contribution in [1.82, 2.24) is 10.2 Å². The summed E-state index contributed by atoms with van der Waals surface area (Å²) in [6.45, 7) is 19.7. The van der Waals surface area contributed by atoms with E-state index in [0.29, 0.717) is 41.9 Å². The van der Waals surface area contributed by atoms with E-state index in [2.05, 4.69) is 76.0 Å². The molecule has 2 amide bonds. The number of nitriles is 1. The maximum Gasteiger partial charge on any atom is 0.407 e. The van der Waals surface area contributed by atoms with Crippen LogP contribution in [0.2, 0.25) is 16.6 Å². The number of hydrogen-bond acceptors (Lipinski definition) is 5. The Labute approximate surface area is 259 Å². The van der Waals surface area contributed by atoms with Crippen molar-refractivity contribution in [1.29, 1.82) is 5.26 Å². The molecule has 2 aromatic carbocycles. The van der Waals surface area contributed by atoms with E-state index in [9.17, 15) is 14.7 Å². The van der Waals surface area contributed by atoms with Gasteiger partial charge in [0.05, 0.1) is 14.1 Å². The van der Waals surface area contributed by atoms with Crippen molar-refractivity contribution in [3.63, 3.8) is 0 Å². The zero-order valence-corrected chi connectivity index (χ0v) is 28.1. The molecule has 234 valence electrons. The highest BCUT2D eigenvalue weighted by Gasteiger charge is 2.53. The van der Waals surface area contributed by atoms with Crippen molar-refractivity contribution in [2.24, 2.45) is 5.92 Å². The van der Waals surface area contributed by atoms with E-state index < -0.39 is 20.3 Å². The van der Waals surface area contributed by atoms with Crippen LogP contribution in [0.3, 0.4) is 0 Å². The minimum atomic E-state index is -2.08. The van der Waals surface area contributed by atoms with Crippen LogP contribution in [0.4, 0.5) is 10.5 Å². The number of piperazine rings is 1. The molecule has 2 atom stereocenters. The number of hydrogen-bond donors (Lipinski definition) is 2. The summed E-state index contributed by atoms with van der Waals surface area (Å²) in [4.78, 5) is 29.0. The van der Waals surface area contributed by atoms with Crippen LogP contribution in [0.25, 0.3) is 11.1 Å². The largest absolute Gasteiger partial charge is 0.481 e. The first-order chi connectivity index (χ1) is 20.3. The molecule has 3 rings (SSSR count). The number of rotatable bonds is 12. The molecule has 0 bridgehead atoms. The highest BCUT2D eigenvalue weighted by Crippen LogP contribution is 2.46. The standard InChI is InChI=1S/C34H50N4O4Si/c1-23(2)21-31(33(39)36-18-17-35)42-30-15-11-28(12-16-30)27-9-13-29(14-10-27)37-19-20-38(34(40)41)32(22-37)43(24(3)4,25(5)6)26(7)8/h9-16,23-26,31-32H,18-22H2,1-8H3,(H,36,39)(H,40,41). The molecule has 8 nitrogen and oxygen atoms in total. The number of anilines is 1. The molecule has 2 aromatic rings. The van der Waals surface area contributed by atoms with Crippen molar-refractivity contribution in [2.45, 2.75) is 90.2 Å². The molecule has 1 aliphatic heterocycles.